The molecule has 1 aromatic carbocycles. The van der Waals surface area contributed by atoms with E-state index in [1.54, 1.807) is 6.07 Å². The number of ether oxygens (including phenoxy) is 1. The van der Waals surface area contributed by atoms with Crippen molar-refractivity contribution < 1.29 is 17.9 Å². The molecule has 1 fully saturated rings. The van der Waals surface area contributed by atoms with Gasteiger partial charge in [-0.05, 0) is 44.4 Å². The zero-order valence-electron chi connectivity index (χ0n) is 12.1. The Labute approximate surface area is 131 Å². The van der Waals surface area contributed by atoms with Gasteiger partial charge in [0.1, 0.15) is 0 Å². The number of alkyl halides is 3. The fourth-order valence-corrected chi connectivity index (χ4v) is 2.96. The molecule has 2 rings (SSSR count). The van der Waals surface area contributed by atoms with Crippen molar-refractivity contribution in [3.8, 4) is 0 Å². The van der Waals surface area contributed by atoms with Gasteiger partial charge in [-0.3, -0.25) is 0 Å². The standard InChI is InChI=1S/C15H19BrF3NO/c1-3-14(2)9-11(6-7-21-14)20-13-5-4-10(16)8-12(13)15(17,18)19/h4-5,8,11,20H,3,6-7,9H2,1-2H3. The Morgan fingerprint density at radius 2 is 2.14 bits per heavy atom. The Balaban J connectivity index is 2.20. The van der Waals surface area contributed by atoms with Crippen LogP contribution in [0.5, 0.6) is 0 Å². The number of nitrogens with one attached hydrogen (secondary N) is 1. The van der Waals surface area contributed by atoms with Crippen LogP contribution in [0.15, 0.2) is 22.7 Å². The lowest BCUT2D eigenvalue weighted by Crippen LogP contribution is -2.42. The lowest BCUT2D eigenvalue weighted by molar-refractivity contribution is -0.137. The van der Waals surface area contributed by atoms with Gasteiger partial charge in [0.15, 0.2) is 0 Å². The molecule has 2 atom stereocenters. The third-order valence-corrected chi connectivity index (χ3v) is 4.48. The van der Waals surface area contributed by atoms with Gasteiger partial charge in [0.25, 0.3) is 0 Å². The molecule has 0 spiro atoms. The summed E-state index contributed by atoms with van der Waals surface area (Å²) >= 11 is 3.10. The van der Waals surface area contributed by atoms with Crippen LogP contribution in [-0.4, -0.2) is 18.2 Å². The molecule has 0 saturated carbocycles. The Hall–Kier alpha value is -0.750. The summed E-state index contributed by atoms with van der Waals surface area (Å²) < 4.78 is 45.5. The highest BCUT2D eigenvalue weighted by Gasteiger charge is 2.36. The normalized spacial score (nSPS) is 26.7. The SMILES string of the molecule is CCC1(C)CC(Nc2ccc(Br)cc2C(F)(F)F)CCO1. The highest BCUT2D eigenvalue weighted by atomic mass is 79.9. The molecule has 1 N–H and O–H groups in total. The predicted octanol–water partition coefficient (Wildman–Crippen LogP) is 5.23. The first-order valence-corrected chi connectivity index (χ1v) is 7.80. The maximum Gasteiger partial charge on any atom is 0.418 e. The molecule has 6 heteroatoms. The van der Waals surface area contributed by atoms with Crippen molar-refractivity contribution in [2.45, 2.75) is 50.9 Å². The first-order chi connectivity index (χ1) is 9.73. The second-order valence-corrected chi connectivity index (χ2v) is 6.59. The highest BCUT2D eigenvalue weighted by molar-refractivity contribution is 9.10. The molecular weight excluding hydrogens is 347 g/mol. The van der Waals surface area contributed by atoms with E-state index in [1.807, 2.05) is 13.8 Å². The number of hydrogen-bond donors (Lipinski definition) is 1. The summed E-state index contributed by atoms with van der Waals surface area (Å²) in [4.78, 5) is 0. The lowest BCUT2D eigenvalue weighted by Gasteiger charge is -2.38. The molecule has 1 aliphatic rings. The van der Waals surface area contributed by atoms with Crippen LogP contribution < -0.4 is 5.32 Å². The van der Waals surface area contributed by atoms with Crippen molar-refractivity contribution in [3.05, 3.63) is 28.2 Å². The second kappa shape index (κ2) is 6.16. The van der Waals surface area contributed by atoms with Crippen LogP contribution in [0.25, 0.3) is 0 Å². The van der Waals surface area contributed by atoms with Gasteiger partial charge in [0.05, 0.1) is 11.2 Å². The van der Waals surface area contributed by atoms with E-state index in [0.29, 0.717) is 23.9 Å². The first kappa shape index (κ1) is 16.6. The van der Waals surface area contributed by atoms with E-state index < -0.39 is 11.7 Å². The van der Waals surface area contributed by atoms with Gasteiger partial charge in [0.2, 0.25) is 0 Å². The monoisotopic (exact) mass is 365 g/mol. The van der Waals surface area contributed by atoms with Crippen LogP contribution in [0.1, 0.15) is 38.7 Å². The molecule has 118 valence electrons. The zero-order valence-corrected chi connectivity index (χ0v) is 13.6. The van der Waals surface area contributed by atoms with Crippen molar-refractivity contribution in [2.75, 3.05) is 11.9 Å². The largest absolute Gasteiger partial charge is 0.418 e. The van der Waals surface area contributed by atoms with E-state index >= 15 is 0 Å². The maximum absolute atomic E-state index is 13.1. The quantitative estimate of drug-likeness (QED) is 0.791. The molecule has 0 bridgehead atoms. The summed E-state index contributed by atoms with van der Waals surface area (Å²) in [7, 11) is 0. The third-order valence-electron chi connectivity index (χ3n) is 3.99. The summed E-state index contributed by atoms with van der Waals surface area (Å²) in [5, 5.41) is 3.05. The second-order valence-electron chi connectivity index (χ2n) is 5.67. The molecule has 0 aromatic heterocycles. The van der Waals surface area contributed by atoms with E-state index in [9.17, 15) is 13.2 Å². The van der Waals surface area contributed by atoms with Crippen LogP contribution in [0.4, 0.5) is 18.9 Å². The highest BCUT2D eigenvalue weighted by Crippen LogP contribution is 2.38. The molecule has 1 aliphatic heterocycles. The molecule has 1 saturated heterocycles. The molecule has 1 heterocycles. The number of rotatable bonds is 3. The fraction of sp³-hybridized carbons (Fsp3) is 0.600. The van der Waals surface area contributed by atoms with Gasteiger partial charge in [-0.15, -0.1) is 0 Å². The Morgan fingerprint density at radius 1 is 1.43 bits per heavy atom. The van der Waals surface area contributed by atoms with Crippen LogP contribution >= 0.6 is 15.9 Å². The predicted molar refractivity (Wildman–Crippen MR) is 80.4 cm³/mol. The summed E-state index contributed by atoms with van der Waals surface area (Å²) in [5.74, 6) is 0. The zero-order chi connectivity index (χ0) is 15.7. The lowest BCUT2D eigenvalue weighted by atomic mass is 9.89. The summed E-state index contributed by atoms with van der Waals surface area (Å²) in [6.45, 7) is 4.61. The molecule has 21 heavy (non-hydrogen) atoms. The average molecular weight is 366 g/mol. The summed E-state index contributed by atoms with van der Waals surface area (Å²) in [5.41, 5.74) is -0.762. The summed E-state index contributed by atoms with van der Waals surface area (Å²) in [6.07, 6.45) is -2.11. The van der Waals surface area contributed by atoms with Crippen molar-refractivity contribution in [3.63, 3.8) is 0 Å². The number of anilines is 1. The van der Waals surface area contributed by atoms with Gasteiger partial charge in [-0.2, -0.15) is 13.2 Å². The van der Waals surface area contributed by atoms with Gasteiger partial charge >= 0.3 is 6.18 Å². The van der Waals surface area contributed by atoms with Crippen molar-refractivity contribution >= 4 is 21.6 Å². The molecule has 0 amide bonds. The maximum atomic E-state index is 13.1. The Morgan fingerprint density at radius 3 is 2.76 bits per heavy atom. The molecular formula is C15H19BrF3NO. The van der Waals surface area contributed by atoms with E-state index in [1.165, 1.54) is 6.07 Å². The van der Waals surface area contributed by atoms with Gasteiger partial charge < -0.3 is 10.1 Å². The molecule has 0 aliphatic carbocycles. The first-order valence-electron chi connectivity index (χ1n) is 7.01. The van der Waals surface area contributed by atoms with Crippen LogP contribution in [0.3, 0.4) is 0 Å². The van der Waals surface area contributed by atoms with Gasteiger partial charge in [-0.25, -0.2) is 0 Å². The van der Waals surface area contributed by atoms with E-state index in [2.05, 4.69) is 21.2 Å². The smallest absolute Gasteiger partial charge is 0.382 e. The molecule has 1 aromatic rings. The van der Waals surface area contributed by atoms with E-state index in [4.69, 9.17) is 4.74 Å². The topological polar surface area (TPSA) is 21.3 Å². The van der Waals surface area contributed by atoms with Crippen LogP contribution in [0.2, 0.25) is 0 Å². The minimum atomic E-state index is -4.37. The Bertz CT molecular complexity index is 506. The fourth-order valence-electron chi connectivity index (χ4n) is 2.60. The van der Waals surface area contributed by atoms with E-state index in [-0.39, 0.29) is 17.3 Å². The number of hydrogen-bond acceptors (Lipinski definition) is 2. The third kappa shape index (κ3) is 4.13. The van der Waals surface area contributed by atoms with Crippen LogP contribution in [0, 0.1) is 0 Å². The number of halogens is 4. The van der Waals surface area contributed by atoms with Crippen molar-refractivity contribution in [1.29, 1.82) is 0 Å². The molecule has 2 nitrogen and oxygen atoms in total. The number of benzene rings is 1. The van der Waals surface area contributed by atoms with E-state index in [0.717, 1.165) is 12.5 Å². The summed E-state index contributed by atoms with van der Waals surface area (Å²) in [6, 6.07) is 4.20. The van der Waals surface area contributed by atoms with Crippen molar-refractivity contribution in [1.82, 2.24) is 0 Å². The molecule has 2 unspecified atom stereocenters. The van der Waals surface area contributed by atoms with Gasteiger partial charge in [-0.1, -0.05) is 22.9 Å². The minimum Gasteiger partial charge on any atom is -0.382 e. The molecule has 0 radical (unpaired) electrons. The van der Waals surface area contributed by atoms with Crippen molar-refractivity contribution in [2.24, 2.45) is 0 Å². The average Bonchev–Trinajstić information content (AvgIpc) is 2.40. The van der Waals surface area contributed by atoms with Crippen LogP contribution in [-0.2, 0) is 10.9 Å². The minimum absolute atomic E-state index is 0.00836. The Kier molecular flexibility index (Phi) is 4.88. The van der Waals surface area contributed by atoms with Gasteiger partial charge in [0, 0.05) is 22.8 Å².